The molecule has 0 bridgehead atoms. The fraction of sp³-hybridized carbons (Fsp3) is 0.200. The summed E-state index contributed by atoms with van der Waals surface area (Å²) < 4.78 is 7.50. The number of anilines is 1. The lowest BCUT2D eigenvalue weighted by Crippen LogP contribution is -2.26. The molecular formula is C20H17IN4O3. The van der Waals surface area contributed by atoms with Crippen molar-refractivity contribution in [3.63, 3.8) is 0 Å². The van der Waals surface area contributed by atoms with Crippen molar-refractivity contribution in [2.45, 2.75) is 26.4 Å². The molecule has 0 saturated heterocycles. The van der Waals surface area contributed by atoms with Crippen LogP contribution in [0.2, 0.25) is 0 Å². The summed E-state index contributed by atoms with van der Waals surface area (Å²) in [7, 11) is 0. The molecule has 8 heteroatoms. The third-order valence-electron chi connectivity index (χ3n) is 3.70. The average Bonchev–Trinajstić information content (AvgIpc) is 2.97. The molecule has 0 fully saturated rings. The van der Waals surface area contributed by atoms with Gasteiger partial charge in [0.2, 0.25) is 0 Å². The van der Waals surface area contributed by atoms with E-state index in [0.29, 0.717) is 27.8 Å². The predicted molar refractivity (Wildman–Crippen MR) is 113 cm³/mol. The van der Waals surface area contributed by atoms with Crippen molar-refractivity contribution >= 4 is 51.3 Å². The molecule has 2 aromatic heterocycles. The lowest BCUT2D eigenvalue weighted by molar-refractivity contribution is 0.0543. The standard InChI is InChI=1S/C20H17IN4O3/c1-20(2,3)28-19(27)25-11-16(21)15-8-13(10-23-17(15)25)18(26)24-14-6-4-5-12(7-14)9-22/h4-8,10-11H,1-3H3,(H,24,26). The molecule has 0 aliphatic rings. The quantitative estimate of drug-likeness (QED) is 0.534. The summed E-state index contributed by atoms with van der Waals surface area (Å²) in [5.74, 6) is -0.356. The first-order chi connectivity index (χ1) is 13.2. The summed E-state index contributed by atoms with van der Waals surface area (Å²) >= 11 is 2.09. The number of amides is 1. The van der Waals surface area contributed by atoms with Crippen LogP contribution < -0.4 is 5.32 Å². The van der Waals surface area contributed by atoms with E-state index in [4.69, 9.17) is 10.00 Å². The maximum atomic E-state index is 12.6. The molecule has 1 amide bonds. The van der Waals surface area contributed by atoms with Crippen LogP contribution in [0.1, 0.15) is 36.7 Å². The van der Waals surface area contributed by atoms with E-state index in [1.165, 1.54) is 10.8 Å². The number of nitrogens with one attached hydrogen (secondary N) is 1. The Morgan fingerprint density at radius 3 is 2.71 bits per heavy atom. The molecule has 1 N–H and O–H groups in total. The fourth-order valence-electron chi connectivity index (χ4n) is 2.51. The molecular weight excluding hydrogens is 471 g/mol. The highest BCUT2D eigenvalue weighted by Crippen LogP contribution is 2.24. The smallest absolute Gasteiger partial charge is 0.420 e. The number of carbonyl (C=O) groups excluding carboxylic acids is 2. The number of hydrogen-bond donors (Lipinski definition) is 1. The minimum Gasteiger partial charge on any atom is -0.443 e. The van der Waals surface area contributed by atoms with Crippen molar-refractivity contribution in [2.75, 3.05) is 5.32 Å². The van der Waals surface area contributed by atoms with Gasteiger partial charge in [-0.05, 0) is 67.6 Å². The van der Waals surface area contributed by atoms with Gasteiger partial charge in [-0.2, -0.15) is 5.26 Å². The van der Waals surface area contributed by atoms with Gasteiger partial charge in [-0.3, -0.25) is 4.79 Å². The van der Waals surface area contributed by atoms with Crippen molar-refractivity contribution in [2.24, 2.45) is 0 Å². The third-order valence-corrected chi connectivity index (χ3v) is 4.56. The van der Waals surface area contributed by atoms with Gasteiger partial charge in [0.15, 0.2) is 5.65 Å². The molecule has 0 aliphatic carbocycles. The molecule has 0 saturated carbocycles. The number of benzene rings is 1. The van der Waals surface area contributed by atoms with Crippen molar-refractivity contribution in [1.29, 1.82) is 5.26 Å². The van der Waals surface area contributed by atoms with Gasteiger partial charge in [0.1, 0.15) is 5.60 Å². The number of halogens is 1. The third kappa shape index (κ3) is 4.31. The molecule has 0 aliphatic heterocycles. The Hall–Kier alpha value is -2.93. The van der Waals surface area contributed by atoms with Crippen molar-refractivity contribution < 1.29 is 14.3 Å². The van der Waals surface area contributed by atoms with Crippen LogP contribution in [0.4, 0.5) is 10.5 Å². The number of rotatable bonds is 2. The van der Waals surface area contributed by atoms with Gasteiger partial charge in [-0.15, -0.1) is 0 Å². The van der Waals surface area contributed by atoms with Crippen molar-refractivity contribution in [3.8, 4) is 6.07 Å². The van der Waals surface area contributed by atoms with Gasteiger partial charge < -0.3 is 10.1 Å². The van der Waals surface area contributed by atoms with Crippen LogP contribution >= 0.6 is 22.6 Å². The lowest BCUT2D eigenvalue weighted by atomic mass is 10.2. The normalized spacial score (nSPS) is 11.1. The summed E-state index contributed by atoms with van der Waals surface area (Å²) in [6.07, 6.45) is 2.51. The molecule has 3 aromatic rings. The second kappa shape index (κ2) is 7.59. The van der Waals surface area contributed by atoms with Gasteiger partial charge >= 0.3 is 6.09 Å². The molecule has 7 nitrogen and oxygen atoms in total. The molecule has 0 unspecified atom stereocenters. The summed E-state index contributed by atoms with van der Waals surface area (Å²) in [5, 5.41) is 12.4. The second-order valence-electron chi connectivity index (χ2n) is 7.07. The highest BCUT2D eigenvalue weighted by Gasteiger charge is 2.21. The lowest BCUT2D eigenvalue weighted by Gasteiger charge is -2.19. The monoisotopic (exact) mass is 488 g/mol. The van der Waals surface area contributed by atoms with Crippen LogP contribution in [0.5, 0.6) is 0 Å². The van der Waals surface area contributed by atoms with Crippen molar-refractivity contribution in [1.82, 2.24) is 9.55 Å². The van der Waals surface area contributed by atoms with E-state index in [2.05, 4.69) is 32.9 Å². The van der Waals surface area contributed by atoms with Crippen LogP contribution in [0, 0.1) is 14.9 Å². The topological polar surface area (TPSA) is 97.0 Å². The highest BCUT2D eigenvalue weighted by atomic mass is 127. The maximum Gasteiger partial charge on any atom is 0.420 e. The summed E-state index contributed by atoms with van der Waals surface area (Å²) in [4.78, 5) is 29.3. The molecule has 0 spiro atoms. The number of ether oxygens (including phenoxy) is 1. The number of nitriles is 1. The second-order valence-corrected chi connectivity index (χ2v) is 8.23. The largest absolute Gasteiger partial charge is 0.443 e. The van der Waals surface area contributed by atoms with E-state index < -0.39 is 11.7 Å². The summed E-state index contributed by atoms with van der Waals surface area (Å²) in [5.41, 5.74) is 1.11. The Bertz CT molecular complexity index is 1120. The van der Waals surface area contributed by atoms with E-state index >= 15 is 0 Å². The molecule has 0 radical (unpaired) electrons. The maximum absolute atomic E-state index is 12.6. The van der Waals surface area contributed by atoms with Crippen molar-refractivity contribution in [3.05, 3.63) is 57.4 Å². The van der Waals surface area contributed by atoms with Gasteiger partial charge in [-0.25, -0.2) is 14.3 Å². The molecule has 1 aromatic carbocycles. The zero-order valence-electron chi connectivity index (χ0n) is 15.5. The van der Waals surface area contributed by atoms with E-state index in [0.717, 1.165) is 3.57 Å². The zero-order valence-corrected chi connectivity index (χ0v) is 17.6. The summed E-state index contributed by atoms with van der Waals surface area (Å²) in [6, 6.07) is 10.3. The Labute approximate surface area is 175 Å². The summed E-state index contributed by atoms with van der Waals surface area (Å²) in [6.45, 7) is 5.37. The zero-order chi connectivity index (χ0) is 20.5. The molecule has 142 valence electrons. The first-order valence-electron chi connectivity index (χ1n) is 8.39. The highest BCUT2D eigenvalue weighted by molar-refractivity contribution is 14.1. The Kier molecular flexibility index (Phi) is 5.38. The minimum atomic E-state index is -0.628. The van der Waals surface area contributed by atoms with Crippen LogP contribution in [-0.2, 0) is 4.74 Å². The number of fused-ring (bicyclic) bond motifs is 1. The van der Waals surface area contributed by atoms with Crippen LogP contribution in [0.3, 0.4) is 0 Å². The number of pyridine rings is 1. The van der Waals surface area contributed by atoms with Crippen LogP contribution in [-0.4, -0.2) is 27.2 Å². The first-order valence-corrected chi connectivity index (χ1v) is 9.47. The van der Waals surface area contributed by atoms with Crippen LogP contribution in [0.15, 0.2) is 42.7 Å². The van der Waals surface area contributed by atoms with E-state index in [1.807, 2.05) is 6.07 Å². The number of carbonyl (C=O) groups is 2. The first kappa shape index (κ1) is 19.8. The SMILES string of the molecule is CC(C)(C)OC(=O)n1cc(I)c2cc(C(=O)Nc3cccc(C#N)c3)cnc21. The Morgan fingerprint density at radius 2 is 2.04 bits per heavy atom. The van der Waals surface area contributed by atoms with Crippen LogP contribution in [0.25, 0.3) is 11.0 Å². The predicted octanol–water partition coefficient (Wildman–Crippen LogP) is 4.55. The minimum absolute atomic E-state index is 0.342. The fourth-order valence-corrected chi connectivity index (χ4v) is 3.19. The average molecular weight is 488 g/mol. The van der Waals surface area contributed by atoms with Gasteiger partial charge in [0.25, 0.3) is 5.91 Å². The van der Waals surface area contributed by atoms with E-state index in [9.17, 15) is 9.59 Å². The Balaban J connectivity index is 1.90. The molecule has 0 atom stereocenters. The molecule has 3 rings (SSSR count). The Morgan fingerprint density at radius 1 is 1.29 bits per heavy atom. The van der Waals surface area contributed by atoms with E-state index in [-0.39, 0.29) is 5.91 Å². The number of nitrogens with zero attached hydrogens (tertiary/aromatic N) is 3. The van der Waals surface area contributed by atoms with E-state index in [1.54, 1.807) is 57.3 Å². The number of hydrogen-bond acceptors (Lipinski definition) is 5. The number of aromatic nitrogens is 2. The molecule has 2 heterocycles. The van der Waals surface area contributed by atoms with Gasteiger partial charge in [0.05, 0.1) is 17.2 Å². The van der Waals surface area contributed by atoms with Gasteiger partial charge in [0, 0.05) is 27.0 Å². The van der Waals surface area contributed by atoms with Gasteiger partial charge in [-0.1, -0.05) is 6.07 Å². The molecule has 28 heavy (non-hydrogen) atoms.